The molecule has 0 bridgehead atoms. The molecule has 0 amide bonds. The Morgan fingerprint density at radius 3 is 2.08 bits per heavy atom. The Morgan fingerprint density at radius 1 is 0.925 bits per heavy atom. The molecule has 288 valence electrons. The molecule has 7 nitrogen and oxygen atoms in total. The zero-order valence-corrected chi connectivity index (χ0v) is 33.7. The van der Waals surface area contributed by atoms with Crippen molar-refractivity contribution in [3.8, 4) is 0 Å². The third-order valence-corrected chi connectivity index (χ3v) is 16.5. The molecule has 0 aromatic heterocycles. The summed E-state index contributed by atoms with van der Waals surface area (Å²) in [5.74, 6) is -1.07. The highest BCUT2D eigenvalue weighted by Gasteiger charge is 2.58. The van der Waals surface area contributed by atoms with E-state index in [1.54, 1.807) is 7.11 Å². The van der Waals surface area contributed by atoms with Crippen LogP contribution in [0.15, 0.2) is 115 Å². The van der Waals surface area contributed by atoms with E-state index < -0.39 is 25.6 Å². The molecule has 0 saturated carbocycles. The lowest BCUT2D eigenvalue weighted by atomic mass is 9.70. The van der Waals surface area contributed by atoms with Gasteiger partial charge in [-0.15, -0.1) is 6.58 Å². The van der Waals surface area contributed by atoms with E-state index in [9.17, 15) is 10.2 Å². The second-order valence-electron chi connectivity index (χ2n) is 16.3. The van der Waals surface area contributed by atoms with E-state index in [2.05, 4.69) is 102 Å². The molecule has 0 aliphatic carbocycles. The molecule has 3 aromatic rings. The largest absolute Gasteiger partial charge is 0.407 e. The fourth-order valence-corrected chi connectivity index (χ4v) is 13.1. The first kappa shape index (κ1) is 41.2. The summed E-state index contributed by atoms with van der Waals surface area (Å²) in [5.41, 5.74) is 1.66. The van der Waals surface area contributed by atoms with Crippen molar-refractivity contribution in [1.29, 1.82) is 0 Å². The molecule has 2 aliphatic heterocycles. The molecule has 53 heavy (non-hydrogen) atoms. The van der Waals surface area contributed by atoms with E-state index in [0.717, 1.165) is 11.1 Å². The summed E-state index contributed by atoms with van der Waals surface area (Å²) in [7, 11) is -1.04. The highest BCUT2D eigenvalue weighted by molar-refractivity contribution is 6.99. The number of benzene rings is 3. The molecule has 0 unspecified atom stereocenters. The van der Waals surface area contributed by atoms with E-state index in [4.69, 9.17) is 23.4 Å². The monoisotopic (exact) mass is 742 g/mol. The first-order valence-electron chi connectivity index (χ1n) is 19.3. The lowest BCUT2D eigenvalue weighted by molar-refractivity contribution is -0.362. The maximum absolute atomic E-state index is 11.7. The molecule has 0 spiro atoms. The number of hydrogen-bond donors (Lipinski definition) is 2. The van der Waals surface area contributed by atoms with Crippen molar-refractivity contribution in [3.63, 3.8) is 0 Å². The average Bonchev–Trinajstić information content (AvgIpc) is 3.14. The number of aliphatic hydroxyl groups excluding tert-OH is 2. The van der Waals surface area contributed by atoms with Gasteiger partial charge >= 0.3 is 0 Å². The third kappa shape index (κ3) is 9.49. The Bertz CT molecular complexity index is 1550. The zero-order chi connectivity index (χ0) is 38.1. The lowest BCUT2D eigenvalue weighted by Crippen LogP contribution is -2.66. The second-order valence-corrected chi connectivity index (χ2v) is 20.6. The van der Waals surface area contributed by atoms with Gasteiger partial charge < -0.3 is 33.6 Å². The van der Waals surface area contributed by atoms with Gasteiger partial charge in [0.1, 0.15) is 0 Å². The minimum atomic E-state index is -2.74. The predicted octanol–water partition coefficient (Wildman–Crippen LogP) is 7.49. The standard InChI is InChI=1S/C45H62O7Si/c1-8-37-28-35(24-26-46)29-39(51-37)32-45(48-7)44(5,6)42(49-33-34-18-12-9-13-19-34)31-38(52-45)30-36(47)25-27-50-53(43(2,3)4,40-20-14-10-15-21-40)41-22-16-11-17-23-41/h8-24,36-39,42,46-47H,1,25-33H2,2-7H3/b35-24+/t36-,37-,38+,39-,42-,45-/m0/s1. The number of rotatable bonds is 16. The molecular formula is C45H62O7Si. The Labute approximate surface area is 319 Å². The van der Waals surface area contributed by atoms with Gasteiger partial charge in [-0.1, -0.05) is 143 Å². The molecule has 6 atom stereocenters. The van der Waals surface area contributed by atoms with E-state index in [1.165, 1.54) is 10.4 Å². The molecule has 2 fully saturated rings. The van der Waals surface area contributed by atoms with Crippen LogP contribution in [0.4, 0.5) is 0 Å². The van der Waals surface area contributed by atoms with Crippen LogP contribution in [0.25, 0.3) is 0 Å². The van der Waals surface area contributed by atoms with Crippen LogP contribution >= 0.6 is 0 Å². The summed E-state index contributed by atoms with van der Waals surface area (Å²) in [6.07, 6.45) is 5.39. The van der Waals surface area contributed by atoms with Gasteiger partial charge in [0.15, 0.2) is 5.79 Å². The Kier molecular flexibility index (Phi) is 14.1. The summed E-state index contributed by atoms with van der Waals surface area (Å²) >= 11 is 0. The van der Waals surface area contributed by atoms with Gasteiger partial charge in [-0.2, -0.15) is 0 Å². The van der Waals surface area contributed by atoms with Gasteiger partial charge in [0, 0.05) is 32.0 Å². The highest BCUT2D eigenvalue weighted by atomic mass is 28.4. The summed E-state index contributed by atoms with van der Waals surface area (Å²) in [6, 6.07) is 31.4. The smallest absolute Gasteiger partial charge is 0.261 e. The van der Waals surface area contributed by atoms with Crippen molar-refractivity contribution in [2.45, 2.75) is 121 Å². The van der Waals surface area contributed by atoms with Gasteiger partial charge in [0.05, 0.1) is 43.7 Å². The van der Waals surface area contributed by atoms with E-state index in [0.29, 0.717) is 51.7 Å². The first-order chi connectivity index (χ1) is 25.4. The first-order valence-corrected chi connectivity index (χ1v) is 21.2. The summed E-state index contributed by atoms with van der Waals surface area (Å²) < 4.78 is 33.8. The van der Waals surface area contributed by atoms with Crippen molar-refractivity contribution in [2.75, 3.05) is 20.3 Å². The zero-order valence-electron chi connectivity index (χ0n) is 32.7. The molecule has 5 rings (SSSR count). The summed E-state index contributed by atoms with van der Waals surface area (Å²) in [6.45, 7) is 15.9. The van der Waals surface area contributed by atoms with Crippen LogP contribution in [0.5, 0.6) is 0 Å². The van der Waals surface area contributed by atoms with Crippen LogP contribution in [0.1, 0.15) is 78.7 Å². The van der Waals surface area contributed by atoms with Crippen molar-refractivity contribution in [1.82, 2.24) is 0 Å². The van der Waals surface area contributed by atoms with E-state index in [1.807, 2.05) is 42.5 Å². The Balaban J connectivity index is 1.37. The van der Waals surface area contributed by atoms with Crippen LogP contribution in [0.2, 0.25) is 5.04 Å². The lowest BCUT2D eigenvalue weighted by Gasteiger charge is -2.56. The SMILES string of the molecule is C=C[C@H]1C/C(=C\CO)C[C@@H](C[C@]2(OC)O[C@H](C[C@@H](O)CCO[Si](c3ccccc3)(c3ccccc3)C(C)(C)C)C[C@H](OCc3ccccc3)C2(C)C)O1. The van der Waals surface area contributed by atoms with Crippen molar-refractivity contribution in [2.24, 2.45) is 5.41 Å². The molecular weight excluding hydrogens is 681 g/mol. The van der Waals surface area contributed by atoms with Gasteiger partial charge in [-0.25, -0.2) is 0 Å². The number of ether oxygens (including phenoxy) is 4. The van der Waals surface area contributed by atoms with E-state index in [-0.39, 0.29) is 36.1 Å². The average molecular weight is 743 g/mol. The number of methoxy groups -OCH3 is 1. The maximum Gasteiger partial charge on any atom is 0.261 e. The van der Waals surface area contributed by atoms with Crippen LogP contribution in [0, 0.1) is 5.41 Å². The minimum absolute atomic E-state index is 0.0154. The molecule has 2 saturated heterocycles. The highest BCUT2D eigenvalue weighted by Crippen LogP contribution is 2.51. The van der Waals surface area contributed by atoms with Crippen molar-refractivity contribution >= 4 is 18.7 Å². The topological polar surface area (TPSA) is 86.6 Å². The van der Waals surface area contributed by atoms with Gasteiger partial charge in [-0.05, 0) is 46.7 Å². The molecule has 2 N–H and O–H groups in total. The summed E-state index contributed by atoms with van der Waals surface area (Å²) in [4.78, 5) is 0. The van der Waals surface area contributed by atoms with Crippen molar-refractivity contribution in [3.05, 3.63) is 121 Å². The van der Waals surface area contributed by atoms with E-state index >= 15 is 0 Å². The summed E-state index contributed by atoms with van der Waals surface area (Å²) in [5, 5.41) is 23.7. The van der Waals surface area contributed by atoms with Crippen LogP contribution in [-0.4, -0.2) is 75.2 Å². The quantitative estimate of drug-likeness (QED) is 0.116. The van der Waals surface area contributed by atoms with Crippen LogP contribution in [-0.2, 0) is 30.0 Å². The molecule has 8 heteroatoms. The third-order valence-electron chi connectivity index (χ3n) is 11.4. The fraction of sp³-hybridized carbons (Fsp3) is 0.511. The second kappa shape index (κ2) is 18.1. The van der Waals surface area contributed by atoms with Crippen molar-refractivity contribution < 1.29 is 33.6 Å². The fourth-order valence-electron chi connectivity index (χ4n) is 8.51. The Morgan fingerprint density at radius 2 is 1.53 bits per heavy atom. The van der Waals surface area contributed by atoms with Gasteiger partial charge in [0.25, 0.3) is 8.32 Å². The molecule has 3 aromatic carbocycles. The van der Waals surface area contributed by atoms with Gasteiger partial charge in [0.2, 0.25) is 0 Å². The Hall–Kier alpha value is -2.92. The maximum atomic E-state index is 11.7. The number of hydrogen-bond acceptors (Lipinski definition) is 7. The molecule has 0 radical (unpaired) electrons. The minimum Gasteiger partial charge on any atom is -0.407 e. The normalized spacial score (nSPS) is 26.3. The molecule has 2 aliphatic rings. The van der Waals surface area contributed by atoms with Crippen LogP contribution < -0.4 is 10.4 Å². The predicted molar refractivity (Wildman–Crippen MR) is 215 cm³/mol. The number of aliphatic hydroxyl groups is 2. The molecule has 2 heterocycles. The van der Waals surface area contributed by atoms with Gasteiger partial charge in [-0.3, -0.25) is 0 Å². The van der Waals surface area contributed by atoms with Crippen LogP contribution in [0.3, 0.4) is 0 Å².